The average Bonchev–Trinajstić information content (AvgIpc) is 3.00. The second-order valence-electron chi connectivity index (χ2n) is 5.68. The van der Waals surface area contributed by atoms with E-state index < -0.39 is 42.4 Å². The van der Waals surface area contributed by atoms with Gasteiger partial charge < -0.3 is 25.8 Å². The lowest BCUT2D eigenvalue weighted by atomic mass is 10.1. The van der Waals surface area contributed by atoms with E-state index in [-0.39, 0.29) is 23.7 Å². The summed E-state index contributed by atoms with van der Waals surface area (Å²) in [7, 11) is 0. The van der Waals surface area contributed by atoms with Gasteiger partial charge in [-0.15, -0.1) is 0 Å². The van der Waals surface area contributed by atoms with Crippen molar-refractivity contribution in [3.05, 3.63) is 33.0 Å². The summed E-state index contributed by atoms with van der Waals surface area (Å²) in [5, 5.41) is 29.4. The Hall–Kier alpha value is -2.47. The maximum absolute atomic E-state index is 12.8. The van der Waals surface area contributed by atoms with Crippen molar-refractivity contribution in [1.29, 1.82) is 0 Å². The minimum atomic E-state index is -1.49. The van der Waals surface area contributed by atoms with Crippen LogP contribution in [0, 0.1) is 0 Å². The van der Waals surface area contributed by atoms with Gasteiger partial charge in [-0.1, -0.05) is 12.2 Å². The molecule has 0 bridgehead atoms. The van der Waals surface area contributed by atoms with Crippen molar-refractivity contribution < 1.29 is 20.1 Å². The van der Waals surface area contributed by atoms with Crippen LogP contribution in [0.15, 0.2) is 21.7 Å². The van der Waals surface area contributed by atoms with Crippen molar-refractivity contribution in [3.8, 4) is 0 Å². The first-order valence-corrected chi connectivity index (χ1v) is 7.64. The summed E-state index contributed by atoms with van der Waals surface area (Å²) < 4.78 is 7.52. The van der Waals surface area contributed by atoms with Crippen molar-refractivity contribution >= 4 is 17.1 Å². The molecule has 4 unspecified atom stereocenters. The molecule has 1 aliphatic rings. The molecule has 2 aromatic rings. The van der Waals surface area contributed by atoms with Gasteiger partial charge in [-0.3, -0.25) is 14.3 Å². The van der Waals surface area contributed by atoms with Crippen LogP contribution in [0.4, 0.5) is 5.95 Å². The Morgan fingerprint density at radius 3 is 2.68 bits per heavy atom. The van der Waals surface area contributed by atoms with Gasteiger partial charge in [0.25, 0.3) is 5.56 Å². The molecule has 0 aromatic carbocycles. The van der Waals surface area contributed by atoms with E-state index in [1.807, 2.05) is 0 Å². The third kappa shape index (κ3) is 2.66. The SMILES string of the molecule is C/C=C/Cn1c(=O)n(C2OC(CO)C(O)C2O)c2nc(N)[nH]c(=O)c21. The van der Waals surface area contributed by atoms with Gasteiger partial charge in [0.05, 0.1) is 6.61 Å². The first-order chi connectivity index (χ1) is 11.9. The van der Waals surface area contributed by atoms with Gasteiger partial charge in [-0.05, 0) is 6.92 Å². The van der Waals surface area contributed by atoms with Crippen molar-refractivity contribution in [1.82, 2.24) is 19.1 Å². The Morgan fingerprint density at radius 1 is 1.36 bits per heavy atom. The summed E-state index contributed by atoms with van der Waals surface area (Å²) in [6.07, 6.45) is -1.89. The molecule has 1 saturated heterocycles. The third-order valence-corrected chi connectivity index (χ3v) is 4.13. The highest BCUT2D eigenvalue weighted by Gasteiger charge is 2.45. The van der Waals surface area contributed by atoms with Gasteiger partial charge in [-0.25, -0.2) is 9.36 Å². The summed E-state index contributed by atoms with van der Waals surface area (Å²) in [6, 6.07) is 0. The third-order valence-electron chi connectivity index (χ3n) is 4.13. The summed E-state index contributed by atoms with van der Waals surface area (Å²) in [5.41, 5.74) is 4.18. The van der Waals surface area contributed by atoms with Crippen LogP contribution in [0.25, 0.3) is 11.2 Å². The van der Waals surface area contributed by atoms with Crippen LogP contribution >= 0.6 is 0 Å². The number of rotatable bonds is 4. The zero-order valence-electron chi connectivity index (χ0n) is 13.4. The Morgan fingerprint density at radius 2 is 2.08 bits per heavy atom. The van der Waals surface area contributed by atoms with E-state index in [0.717, 1.165) is 9.13 Å². The van der Waals surface area contributed by atoms with Crippen molar-refractivity contribution in [2.45, 2.75) is 38.0 Å². The monoisotopic (exact) mass is 353 g/mol. The van der Waals surface area contributed by atoms with E-state index in [1.54, 1.807) is 19.1 Å². The van der Waals surface area contributed by atoms with Crippen molar-refractivity contribution in [2.24, 2.45) is 0 Å². The number of H-pyrrole nitrogens is 1. The molecule has 2 aromatic heterocycles. The van der Waals surface area contributed by atoms with Crippen molar-refractivity contribution in [2.75, 3.05) is 12.3 Å². The average molecular weight is 353 g/mol. The van der Waals surface area contributed by atoms with Crippen LogP contribution in [0.1, 0.15) is 13.2 Å². The number of aromatic amines is 1. The molecule has 11 heteroatoms. The molecule has 6 N–H and O–H groups in total. The summed E-state index contributed by atoms with van der Waals surface area (Å²) >= 11 is 0. The number of fused-ring (bicyclic) bond motifs is 1. The lowest BCUT2D eigenvalue weighted by Crippen LogP contribution is -2.36. The summed E-state index contributed by atoms with van der Waals surface area (Å²) in [5.74, 6) is -0.207. The quantitative estimate of drug-likeness (QED) is 0.381. The van der Waals surface area contributed by atoms with E-state index in [2.05, 4.69) is 9.97 Å². The van der Waals surface area contributed by atoms with Crippen LogP contribution in [0.2, 0.25) is 0 Å². The van der Waals surface area contributed by atoms with Gasteiger partial charge in [0.15, 0.2) is 17.4 Å². The molecule has 0 saturated carbocycles. The molecule has 4 atom stereocenters. The number of nitrogens with two attached hydrogens (primary N) is 1. The molecular formula is C14H19N5O6. The maximum atomic E-state index is 12.8. The van der Waals surface area contributed by atoms with E-state index in [4.69, 9.17) is 10.5 Å². The largest absolute Gasteiger partial charge is 0.394 e. The van der Waals surface area contributed by atoms with Gasteiger partial charge in [0, 0.05) is 6.54 Å². The number of aliphatic hydroxyl groups is 3. The van der Waals surface area contributed by atoms with Gasteiger partial charge in [0.2, 0.25) is 5.95 Å². The zero-order valence-corrected chi connectivity index (χ0v) is 13.4. The molecule has 25 heavy (non-hydrogen) atoms. The van der Waals surface area contributed by atoms with E-state index in [1.165, 1.54) is 0 Å². The number of allylic oxidation sites excluding steroid dienone is 2. The van der Waals surface area contributed by atoms with E-state index in [9.17, 15) is 24.9 Å². The molecule has 0 amide bonds. The minimum Gasteiger partial charge on any atom is -0.394 e. The number of hydrogen-bond acceptors (Lipinski definition) is 8. The van der Waals surface area contributed by atoms with Crippen LogP contribution in [0.5, 0.6) is 0 Å². The Labute approximate surface area is 140 Å². The van der Waals surface area contributed by atoms with Gasteiger partial charge in [0.1, 0.15) is 18.3 Å². The molecule has 136 valence electrons. The topological polar surface area (TPSA) is 169 Å². The molecule has 11 nitrogen and oxygen atoms in total. The minimum absolute atomic E-state index is 0.0324. The first-order valence-electron chi connectivity index (χ1n) is 7.64. The maximum Gasteiger partial charge on any atom is 0.333 e. The van der Waals surface area contributed by atoms with E-state index >= 15 is 0 Å². The molecule has 1 aliphatic heterocycles. The second-order valence-corrected chi connectivity index (χ2v) is 5.68. The smallest absolute Gasteiger partial charge is 0.333 e. The van der Waals surface area contributed by atoms with Crippen LogP contribution < -0.4 is 17.0 Å². The van der Waals surface area contributed by atoms with Crippen LogP contribution in [-0.2, 0) is 11.3 Å². The number of imidazole rings is 1. The number of aliphatic hydroxyl groups excluding tert-OH is 3. The fraction of sp³-hybridized carbons (Fsp3) is 0.500. The highest BCUT2D eigenvalue weighted by Crippen LogP contribution is 2.30. The first kappa shape index (κ1) is 17.4. The fourth-order valence-electron chi connectivity index (χ4n) is 2.90. The molecule has 0 spiro atoms. The molecule has 0 aliphatic carbocycles. The standard InChI is InChI=1S/C14H19N5O6/c1-2-3-4-18-7-10(16-13(15)17-11(7)23)19(14(18)24)12-9(22)8(21)6(5-20)25-12/h2-3,6,8-9,12,20-22H,4-5H2,1H3,(H3,15,16,17,23)/b3-2+. The zero-order chi connectivity index (χ0) is 18.3. The van der Waals surface area contributed by atoms with Gasteiger partial charge >= 0.3 is 5.69 Å². The predicted molar refractivity (Wildman–Crippen MR) is 86.8 cm³/mol. The Balaban J connectivity index is 2.27. The number of nitrogens with zero attached hydrogens (tertiary/aromatic N) is 3. The molecule has 0 radical (unpaired) electrons. The van der Waals surface area contributed by atoms with Crippen LogP contribution in [0.3, 0.4) is 0 Å². The lowest BCUT2D eigenvalue weighted by molar-refractivity contribution is -0.0527. The fourth-order valence-corrected chi connectivity index (χ4v) is 2.90. The van der Waals surface area contributed by atoms with E-state index in [0.29, 0.717) is 0 Å². The Bertz CT molecular complexity index is 928. The predicted octanol–water partition coefficient (Wildman–Crippen LogP) is -2.34. The number of nitrogen functional groups attached to an aromatic ring is 1. The highest BCUT2D eigenvalue weighted by molar-refractivity contribution is 5.71. The number of aromatic nitrogens is 4. The molecule has 3 rings (SSSR count). The Kier molecular flexibility index (Phi) is 4.47. The number of nitrogens with one attached hydrogen (secondary N) is 1. The number of anilines is 1. The van der Waals surface area contributed by atoms with Crippen molar-refractivity contribution in [3.63, 3.8) is 0 Å². The normalized spacial score (nSPS) is 26.9. The van der Waals surface area contributed by atoms with Crippen LogP contribution in [-0.4, -0.2) is 59.3 Å². The molecule has 1 fully saturated rings. The molecular weight excluding hydrogens is 334 g/mol. The number of ether oxygens (including phenoxy) is 1. The second kappa shape index (κ2) is 6.44. The summed E-state index contributed by atoms with van der Waals surface area (Å²) in [6.45, 7) is 1.32. The van der Waals surface area contributed by atoms with Gasteiger partial charge in [-0.2, -0.15) is 4.98 Å². The number of hydrogen-bond donors (Lipinski definition) is 5. The highest BCUT2D eigenvalue weighted by atomic mass is 16.6. The lowest BCUT2D eigenvalue weighted by Gasteiger charge is -2.15. The molecule has 3 heterocycles. The summed E-state index contributed by atoms with van der Waals surface area (Å²) in [4.78, 5) is 31.4.